The summed E-state index contributed by atoms with van der Waals surface area (Å²) in [5.74, 6) is -0.160. The van der Waals surface area contributed by atoms with E-state index in [9.17, 15) is 4.39 Å². The highest BCUT2D eigenvalue weighted by atomic mass is 19.1. The monoisotopic (exact) mass is 234 g/mol. The molecule has 2 N–H and O–H groups in total. The number of hydrogen-bond acceptors (Lipinski definition) is 1. The fourth-order valence-electron chi connectivity index (χ4n) is 2.37. The molecule has 0 aliphatic carbocycles. The van der Waals surface area contributed by atoms with Crippen molar-refractivity contribution in [3.63, 3.8) is 0 Å². The number of para-hydroxylation sites is 1. The third-order valence-corrected chi connectivity index (χ3v) is 2.94. The normalized spacial score (nSPS) is 13.5. The zero-order chi connectivity index (χ0) is 12.6. The highest BCUT2D eigenvalue weighted by molar-refractivity contribution is 5.82. The molecule has 1 atom stereocenters. The Labute approximate surface area is 101 Å². The van der Waals surface area contributed by atoms with Crippen LogP contribution in [0.5, 0.6) is 0 Å². The van der Waals surface area contributed by atoms with Gasteiger partial charge in [-0.05, 0) is 32.9 Å². The maximum absolute atomic E-state index is 13.9. The summed E-state index contributed by atoms with van der Waals surface area (Å²) in [6.45, 7) is 6.10. The van der Waals surface area contributed by atoms with Gasteiger partial charge in [0.25, 0.3) is 0 Å². The fourth-order valence-corrected chi connectivity index (χ4v) is 2.37. The standard InChI is InChI=1S/C14H19FN2/c1-9(2)17-12(7-10(3)16)8-11-5-4-6-13(15)14(11)17/h4-6,8-10H,7,16H2,1-3H3. The Morgan fingerprint density at radius 2 is 2.00 bits per heavy atom. The average Bonchev–Trinajstić information content (AvgIpc) is 2.56. The molecular weight excluding hydrogens is 215 g/mol. The topological polar surface area (TPSA) is 30.9 Å². The number of halogens is 1. The van der Waals surface area contributed by atoms with Crippen LogP contribution in [0.25, 0.3) is 10.9 Å². The highest BCUT2D eigenvalue weighted by Gasteiger charge is 2.15. The minimum atomic E-state index is -0.160. The van der Waals surface area contributed by atoms with Gasteiger partial charge in [-0.15, -0.1) is 0 Å². The summed E-state index contributed by atoms with van der Waals surface area (Å²) < 4.78 is 16.0. The smallest absolute Gasteiger partial charge is 0.147 e. The molecule has 0 saturated carbocycles. The molecule has 0 fully saturated rings. The van der Waals surface area contributed by atoms with Crippen LogP contribution in [0.2, 0.25) is 0 Å². The van der Waals surface area contributed by atoms with Gasteiger partial charge in [0.05, 0.1) is 5.52 Å². The minimum absolute atomic E-state index is 0.0832. The van der Waals surface area contributed by atoms with E-state index >= 15 is 0 Å². The van der Waals surface area contributed by atoms with Crippen molar-refractivity contribution in [3.8, 4) is 0 Å². The van der Waals surface area contributed by atoms with E-state index in [4.69, 9.17) is 5.73 Å². The summed E-state index contributed by atoms with van der Waals surface area (Å²) in [6.07, 6.45) is 0.770. The zero-order valence-corrected chi connectivity index (χ0v) is 10.6. The molecule has 0 aliphatic heterocycles. The SMILES string of the molecule is CC(N)Cc1cc2cccc(F)c2n1C(C)C. The molecule has 3 heteroatoms. The molecule has 0 amide bonds. The van der Waals surface area contributed by atoms with E-state index in [0.29, 0.717) is 5.52 Å². The quantitative estimate of drug-likeness (QED) is 0.868. The first-order valence-electron chi connectivity index (χ1n) is 6.04. The first kappa shape index (κ1) is 12.1. The summed E-state index contributed by atoms with van der Waals surface area (Å²) in [5.41, 5.74) is 7.65. The maximum atomic E-state index is 13.9. The lowest BCUT2D eigenvalue weighted by Gasteiger charge is -2.16. The Hall–Kier alpha value is -1.35. The van der Waals surface area contributed by atoms with Gasteiger partial charge in [-0.1, -0.05) is 12.1 Å². The van der Waals surface area contributed by atoms with Crippen molar-refractivity contribution in [2.24, 2.45) is 5.73 Å². The van der Waals surface area contributed by atoms with Crippen molar-refractivity contribution < 1.29 is 4.39 Å². The van der Waals surface area contributed by atoms with Crippen LogP contribution >= 0.6 is 0 Å². The molecule has 1 unspecified atom stereocenters. The van der Waals surface area contributed by atoms with Crippen LogP contribution in [0.4, 0.5) is 4.39 Å². The Morgan fingerprint density at radius 3 is 2.59 bits per heavy atom. The van der Waals surface area contributed by atoms with Crippen LogP contribution in [0.1, 0.15) is 32.5 Å². The Balaban J connectivity index is 2.67. The van der Waals surface area contributed by atoms with Gasteiger partial charge >= 0.3 is 0 Å². The van der Waals surface area contributed by atoms with Gasteiger partial charge in [-0.25, -0.2) is 4.39 Å². The average molecular weight is 234 g/mol. The number of benzene rings is 1. The molecule has 0 spiro atoms. The van der Waals surface area contributed by atoms with Gasteiger partial charge in [0.15, 0.2) is 0 Å². The molecule has 1 aromatic heterocycles. The highest BCUT2D eigenvalue weighted by Crippen LogP contribution is 2.27. The van der Waals surface area contributed by atoms with Gasteiger partial charge in [-0.2, -0.15) is 0 Å². The van der Waals surface area contributed by atoms with Gasteiger partial charge in [-0.3, -0.25) is 0 Å². The van der Waals surface area contributed by atoms with E-state index in [2.05, 4.69) is 13.8 Å². The minimum Gasteiger partial charge on any atom is -0.340 e. The van der Waals surface area contributed by atoms with Crippen LogP contribution in [-0.2, 0) is 6.42 Å². The fraction of sp³-hybridized carbons (Fsp3) is 0.429. The molecule has 0 saturated heterocycles. The molecule has 2 aromatic rings. The van der Waals surface area contributed by atoms with Crippen molar-refractivity contribution in [2.45, 2.75) is 39.3 Å². The number of rotatable bonds is 3. The molecule has 17 heavy (non-hydrogen) atoms. The summed E-state index contributed by atoms with van der Waals surface area (Å²) >= 11 is 0. The molecule has 1 aromatic carbocycles. The molecule has 2 rings (SSSR count). The van der Waals surface area contributed by atoms with E-state index in [1.54, 1.807) is 6.07 Å². The Bertz CT molecular complexity index is 526. The van der Waals surface area contributed by atoms with Crippen molar-refractivity contribution in [3.05, 3.63) is 35.8 Å². The number of nitrogens with two attached hydrogens (primary N) is 1. The van der Waals surface area contributed by atoms with Crippen LogP contribution in [0.15, 0.2) is 24.3 Å². The summed E-state index contributed by atoms with van der Waals surface area (Å²) in [7, 11) is 0. The number of nitrogens with zero attached hydrogens (tertiary/aromatic N) is 1. The predicted octanol–water partition coefficient (Wildman–Crippen LogP) is 3.25. The van der Waals surface area contributed by atoms with Gasteiger partial charge in [0, 0.05) is 29.6 Å². The van der Waals surface area contributed by atoms with Gasteiger partial charge < -0.3 is 10.3 Å². The summed E-state index contributed by atoms with van der Waals surface area (Å²) in [4.78, 5) is 0. The lowest BCUT2D eigenvalue weighted by Crippen LogP contribution is -2.20. The lowest BCUT2D eigenvalue weighted by molar-refractivity contribution is 0.558. The Kier molecular flexibility index (Phi) is 3.20. The second kappa shape index (κ2) is 4.49. The Morgan fingerprint density at radius 1 is 1.29 bits per heavy atom. The van der Waals surface area contributed by atoms with E-state index in [0.717, 1.165) is 17.5 Å². The second-order valence-corrected chi connectivity index (χ2v) is 4.96. The van der Waals surface area contributed by atoms with E-state index in [1.165, 1.54) is 6.07 Å². The van der Waals surface area contributed by atoms with Crippen LogP contribution in [-0.4, -0.2) is 10.6 Å². The molecule has 92 valence electrons. The lowest BCUT2D eigenvalue weighted by atomic mass is 10.2. The van der Waals surface area contributed by atoms with Crippen molar-refractivity contribution in [2.75, 3.05) is 0 Å². The second-order valence-electron chi connectivity index (χ2n) is 4.96. The van der Waals surface area contributed by atoms with Crippen LogP contribution in [0, 0.1) is 5.82 Å². The molecule has 0 bridgehead atoms. The van der Waals surface area contributed by atoms with E-state index in [-0.39, 0.29) is 17.9 Å². The maximum Gasteiger partial charge on any atom is 0.147 e. The molecule has 2 nitrogen and oxygen atoms in total. The van der Waals surface area contributed by atoms with Gasteiger partial charge in [0.2, 0.25) is 0 Å². The van der Waals surface area contributed by atoms with Crippen molar-refractivity contribution in [1.29, 1.82) is 0 Å². The van der Waals surface area contributed by atoms with Crippen LogP contribution in [0.3, 0.4) is 0 Å². The predicted molar refractivity (Wildman–Crippen MR) is 69.6 cm³/mol. The first-order chi connectivity index (χ1) is 8.00. The van der Waals surface area contributed by atoms with Crippen molar-refractivity contribution in [1.82, 2.24) is 4.57 Å². The summed E-state index contributed by atoms with van der Waals surface area (Å²) in [6, 6.07) is 7.57. The first-order valence-corrected chi connectivity index (χ1v) is 6.04. The molecule has 0 aliphatic rings. The number of hydrogen-bond donors (Lipinski definition) is 1. The molecular formula is C14H19FN2. The largest absolute Gasteiger partial charge is 0.340 e. The number of fused-ring (bicyclic) bond motifs is 1. The van der Waals surface area contributed by atoms with Crippen molar-refractivity contribution >= 4 is 10.9 Å². The number of aromatic nitrogens is 1. The van der Waals surface area contributed by atoms with E-state index < -0.39 is 0 Å². The third-order valence-electron chi connectivity index (χ3n) is 2.94. The van der Waals surface area contributed by atoms with Crippen LogP contribution < -0.4 is 5.73 Å². The third kappa shape index (κ3) is 2.20. The summed E-state index contributed by atoms with van der Waals surface area (Å²) in [5, 5.41) is 0.953. The molecule has 1 heterocycles. The van der Waals surface area contributed by atoms with E-state index in [1.807, 2.05) is 23.6 Å². The zero-order valence-electron chi connectivity index (χ0n) is 10.6. The van der Waals surface area contributed by atoms with Gasteiger partial charge in [0.1, 0.15) is 5.82 Å². The molecule has 0 radical (unpaired) electrons.